The van der Waals surface area contributed by atoms with Gasteiger partial charge in [0, 0.05) is 30.9 Å². The molecule has 6 nitrogen and oxygen atoms in total. The van der Waals surface area contributed by atoms with Crippen LogP contribution in [0.5, 0.6) is 5.75 Å². The van der Waals surface area contributed by atoms with Gasteiger partial charge in [-0.3, -0.25) is 4.57 Å². The van der Waals surface area contributed by atoms with E-state index in [1.54, 1.807) is 25.6 Å². The Balaban J connectivity index is 1.46. The van der Waals surface area contributed by atoms with Crippen LogP contribution in [0.3, 0.4) is 0 Å². The highest BCUT2D eigenvalue weighted by Crippen LogP contribution is 2.40. The first-order chi connectivity index (χ1) is 15.5. The van der Waals surface area contributed by atoms with Crippen LogP contribution in [-0.4, -0.2) is 33.9 Å². The summed E-state index contributed by atoms with van der Waals surface area (Å²) < 4.78 is 21.1. The topological polar surface area (TPSA) is 51.9 Å². The molecule has 1 aromatic heterocycles. The Morgan fingerprint density at radius 2 is 2.00 bits per heavy atom. The van der Waals surface area contributed by atoms with Gasteiger partial charge in [-0.1, -0.05) is 23.4 Å². The fraction of sp³-hybridized carbons (Fsp3) is 0.280. The predicted molar refractivity (Wildman–Crippen MR) is 121 cm³/mol. The monoisotopic (exact) mass is 432 g/mol. The van der Waals surface area contributed by atoms with Crippen LogP contribution in [0.15, 0.2) is 65.7 Å². The van der Waals surface area contributed by atoms with Gasteiger partial charge in [0.2, 0.25) is 5.72 Å². The third kappa shape index (κ3) is 3.34. The van der Waals surface area contributed by atoms with E-state index in [-0.39, 0.29) is 5.82 Å². The van der Waals surface area contributed by atoms with Crippen LogP contribution in [0.25, 0.3) is 11.8 Å². The molecule has 2 aromatic carbocycles. The van der Waals surface area contributed by atoms with Crippen LogP contribution in [0.4, 0.5) is 4.39 Å². The van der Waals surface area contributed by atoms with Crippen LogP contribution in [0.1, 0.15) is 36.6 Å². The minimum absolute atomic E-state index is 0.265. The van der Waals surface area contributed by atoms with E-state index in [4.69, 9.17) is 9.57 Å². The Kier molecular flexibility index (Phi) is 4.96. The summed E-state index contributed by atoms with van der Waals surface area (Å²) in [4.78, 5) is 12.3. The third-order valence-electron chi connectivity index (χ3n) is 6.20. The molecule has 3 heterocycles. The molecular weight excluding hydrogens is 407 g/mol. The van der Waals surface area contributed by atoms with E-state index in [1.807, 2.05) is 36.7 Å². The van der Waals surface area contributed by atoms with Crippen molar-refractivity contribution in [2.24, 2.45) is 5.16 Å². The van der Waals surface area contributed by atoms with Crippen molar-refractivity contribution in [1.29, 1.82) is 0 Å². The highest BCUT2D eigenvalue weighted by molar-refractivity contribution is 6.03. The average molecular weight is 432 g/mol. The standard InChI is InChI=1S/C25H25FN4O2/c1-17-15-27-16-29(17)22-11-6-18(14-23(22)31-3)13-19-5-4-12-30-24(19)28-32-25(30,2)20-7-9-21(26)10-8-20/h6-11,13-16H,4-5,12H2,1-3H3/b19-13+. The molecule has 1 fully saturated rings. The van der Waals surface area contributed by atoms with Crippen molar-refractivity contribution in [3.8, 4) is 11.4 Å². The van der Waals surface area contributed by atoms with Gasteiger partial charge in [0.05, 0.1) is 19.1 Å². The summed E-state index contributed by atoms with van der Waals surface area (Å²) in [7, 11) is 1.67. The molecule has 1 atom stereocenters. The number of piperidine rings is 1. The number of nitrogens with zero attached hydrogens (tertiary/aromatic N) is 4. The molecular formula is C25H25FN4O2. The zero-order valence-corrected chi connectivity index (χ0v) is 18.4. The van der Waals surface area contributed by atoms with Crippen molar-refractivity contribution in [1.82, 2.24) is 14.5 Å². The smallest absolute Gasteiger partial charge is 0.234 e. The number of ether oxygens (including phenoxy) is 1. The van der Waals surface area contributed by atoms with Gasteiger partial charge < -0.3 is 14.5 Å². The van der Waals surface area contributed by atoms with Gasteiger partial charge in [0.15, 0.2) is 5.84 Å². The van der Waals surface area contributed by atoms with Crippen molar-refractivity contribution >= 4 is 11.9 Å². The highest BCUT2D eigenvalue weighted by atomic mass is 19.1. The molecule has 2 aliphatic heterocycles. The van der Waals surface area contributed by atoms with Gasteiger partial charge in [-0.2, -0.15) is 0 Å². The number of halogens is 1. The van der Waals surface area contributed by atoms with E-state index in [0.717, 1.165) is 59.1 Å². The van der Waals surface area contributed by atoms with Crippen molar-refractivity contribution in [3.63, 3.8) is 0 Å². The van der Waals surface area contributed by atoms with E-state index in [9.17, 15) is 4.39 Å². The van der Waals surface area contributed by atoms with Crippen LogP contribution in [0, 0.1) is 12.7 Å². The molecule has 32 heavy (non-hydrogen) atoms. The second-order valence-corrected chi connectivity index (χ2v) is 8.26. The molecule has 2 aliphatic rings. The number of benzene rings is 2. The first-order valence-electron chi connectivity index (χ1n) is 10.7. The third-order valence-corrected chi connectivity index (χ3v) is 6.20. The molecule has 164 valence electrons. The molecule has 0 bridgehead atoms. The molecule has 7 heteroatoms. The molecule has 3 aromatic rings. The maximum atomic E-state index is 13.4. The Labute approximate surface area is 186 Å². The van der Waals surface area contributed by atoms with Crippen molar-refractivity contribution in [2.45, 2.75) is 32.4 Å². The normalized spacial score (nSPS) is 21.3. The lowest BCUT2D eigenvalue weighted by atomic mass is 9.95. The van der Waals surface area contributed by atoms with Crippen molar-refractivity contribution in [3.05, 3.63) is 83.2 Å². The molecule has 0 amide bonds. The lowest BCUT2D eigenvalue weighted by Crippen LogP contribution is -2.46. The summed E-state index contributed by atoms with van der Waals surface area (Å²) in [5.74, 6) is 1.34. The zero-order valence-electron chi connectivity index (χ0n) is 18.4. The van der Waals surface area contributed by atoms with Crippen LogP contribution in [-0.2, 0) is 10.6 Å². The maximum Gasteiger partial charge on any atom is 0.234 e. The van der Waals surface area contributed by atoms with E-state index in [2.05, 4.69) is 27.2 Å². The van der Waals surface area contributed by atoms with E-state index in [1.165, 1.54) is 12.1 Å². The molecule has 0 spiro atoms. The van der Waals surface area contributed by atoms with Gasteiger partial charge >= 0.3 is 0 Å². The van der Waals surface area contributed by atoms with Gasteiger partial charge in [0.25, 0.3) is 0 Å². The number of hydrogen-bond acceptors (Lipinski definition) is 5. The van der Waals surface area contributed by atoms with Crippen LogP contribution in [0.2, 0.25) is 0 Å². The summed E-state index contributed by atoms with van der Waals surface area (Å²) >= 11 is 0. The molecule has 1 unspecified atom stereocenters. The van der Waals surface area contributed by atoms with Crippen molar-refractivity contribution in [2.75, 3.05) is 13.7 Å². The molecule has 0 radical (unpaired) electrons. The second-order valence-electron chi connectivity index (χ2n) is 8.26. The number of oxime groups is 1. The molecule has 5 rings (SSSR count). The number of amidine groups is 1. The van der Waals surface area contributed by atoms with E-state index in [0.29, 0.717) is 0 Å². The molecule has 1 saturated heterocycles. The zero-order chi connectivity index (χ0) is 22.3. The highest BCUT2D eigenvalue weighted by Gasteiger charge is 2.45. The Bertz CT molecular complexity index is 1210. The van der Waals surface area contributed by atoms with E-state index >= 15 is 0 Å². The fourth-order valence-corrected chi connectivity index (χ4v) is 4.43. The van der Waals surface area contributed by atoms with Gasteiger partial charge in [-0.25, -0.2) is 9.37 Å². The Hall–Kier alpha value is -3.61. The minimum atomic E-state index is -0.747. The summed E-state index contributed by atoms with van der Waals surface area (Å²) in [6, 6.07) is 12.6. The van der Waals surface area contributed by atoms with E-state index < -0.39 is 5.72 Å². The van der Waals surface area contributed by atoms with Crippen LogP contribution < -0.4 is 4.74 Å². The average Bonchev–Trinajstić information content (AvgIpc) is 3.39. The van der Waals surface area contributed by atoms with Gasteiger partial charge in [0.1, 0.15) is 11.6 Å². The SMILES string of the molecule is COc1cc(/C=C2\CCCN3C2=NOC3(C)c2ccc(F)cc2)ccc1-n1cncc1C. The second kappa shape index (κ2) is 7.82. The number of rotatable bonds is 4. The molecule has 0 saturated carbocycles. The quantitative estimate of drug-likeness (QED) is 0.581. The first kappa shape index (κ1) is 20.3. The molecule has 0 N–H and O–H groups in total. The largest absolute Gasteiger partial charge is 0.495 e. The maximum absolute atomic E-state index is 13.4. The summed E-state index contributed by atoms with van der Waals surface area (Å²) in [5.41, 5.74) is 4.24. The number of imidazole rings is 1. The minimum Gasteiger partial charge on any atom is -0.495 e. The number of methoxy groups -OCH3 is 1. The predicted octanol–water partition coefficient (Wildman–Crippen LogP) is 5.02. The Morgan fingerprint density at radius 3 is 2.72 bits per heavy atom. The van der Waals surface area contributed by atoms with Crippen LogP contribution >= 0.6 is 0 Å². The van der Waals surface area contributed by atoms with Crippen molar-refractivity contribution < 1.29 is 14.0 Å². The number of aryl methyl sites for hydroxylation is 1. The molecule has 0 aliphatic carbocycles. The first-order valence-corrected chi connectivity index (χ1v) is 10.7. The summed E-state index contributed by atoms with van der Waals surface area (Å²) in [6.45, 7) is 4.81. The van der Waals surface area contributed by atoms with Gasteiger partial charge in [-0.15, -0.1) is 0 Å². The number of fused-ring (bicyclic) bond motifs is 1. The summed E-state index contributed by atoms with van der Waals surface area (Å²) in [5, 5.41) is 4.44. The Morgan fingerprint density at radius 1 is 1.19 bits per heavy atom. The number of aromatic nitrogens is 2. The lowest BCUT2D eigenvalue weighted by Gasteiger charge is -2.37. The summed E-state index contributed by atoms with van der Waals surface area (Å²) in [6.07, 6.45) is 7.63. The number of hydrogen-bond donors (Lipinski definition) is 0. The lowest BCUT2D eigenvalue weighted by molar-refractivity contribution is -0.0913. The fourth-order valence-electron chi connectivity index (χ4n) is 4.43. The van der Waals surface area contributed by atoms with Gasteiger partial charge in [-0.05, 0) is 61.2 Å².